The predicted octanol–water partition coefficient (Wildman–Crippen LogP) is 3.32. The van der Waals surface area contributed by atoms with E-state index in [-0.39, 0.29) is 30.9 Å². The molecule has 2 amide bonds. The molecule has 2 N–H and O–H groups in total. The van der Waals surface area contributed by atoms with Crippen LogP contribution in [0.1, 0.15) is 36.0 Å². The predicted molar refractivity (Wildman–Crippen MR) is 116 cm³/mol. The molecule has 3 aromatic heterocycles. The fourth-order valence-corrected chi connectivity index (χ4v) is 3.26. The molecule has 8 heteroatoms. The van der Waals surface area contributed by atoms with Crippen molar-refractivity contribution in [2.45, 2.75) is 26.4 Å². The number of amides is 2. The van der Waals surface area contributed by atoms with Crippen molar-refractivity contribution in [3.8, 4) is 11.3 Å². The molecule has 0 aliphatic carbocycles. The minimum absolute atomic E-state index is 0.0827. The first kappa shape index (κ1) is 20.3. The van der Waals surface area contributed by atoms with E-state index in [0.717, 1.165) is 5.56 Å². The molecule has 1 aromatic carbocycles. The molecular formula is C23H23N5O3. The monoisotopic (exact) mass is 417 g/mol. The maximum atomic E-state index is 13.0. The van der Waals surface area contributed by atoms with Crippen molar-refractivity contribution in [1.82, 2.24) is 25.4 Å². The maximum absolute atomic E-state index is 13.0. The third kappa shape index (κ3) is 4.48. The van der Waals surface area contributed by atoms with Crippen molar-refractivity contribution in [1.29, 1.82) is 0 Å². The van der Waals surface area contributed by atoms with Crippen LogP contribution in [0.2, 0.25) is 0 Å². The number of furan rings is 1. The summed E-state index contributed by atoms with van der Waals surface area (Å²) in [6.07, 6.45) is 3.18. The van der Waals surface area contributed by atoms with E-state index in [0.29, 0.717) is 28.1 Å². The number of carbonyl (C=O) groups is 2. The van der Waals surface area contributed by atoms with Crippen LogP contribution in [-0.4, -0.2) is 33.1 Å². The molecule has 0 saturated heterocycles. The molecule has 31 heavy (non-hydrogen) atoms. The molecule has 0 saturated carbocycles. The number of benzene rings is 1. The van der Waals surface area contributed by atoms with Crippen molar-refractivity contribution in [2.75, 3.05) is 6.54 Å². The highest BCUT2D eigenvalue weighted by atomic mass is 16.3. The van der Waals surface area contributed by atoms with Gasteiger partial charge in [0.25, 0.3) is 5.91 Å². The van der Waals surface area contributed by atoms with Gasteiger partial charge in [-0.25, -0.2) is 9.67 Å². The van der Waals surface area contributed by atoms with Crippen molar-refractivity contribution < 1.29 is 14.0 Å². The lowest BCUT2D eigenvalue weighted by molar-refractivity contribution is -0.120. The summed E-state index contributed by atoms with van der Waals surface area (Å²) in [5, 5.41) is 10.5. The Balaban J connectivity index is 1.58. The van der Waals surface area contributed by atoms with Gasteiger partial charge in [-0.15, -0.1) is 0 Å². The molecule has 158 valence electrons. The second-order valence-corrected chi connectivity index (χ2v) is 7.38. The molecule has 0 aliphatic rings. The second-order valence-electron chi connectivity index (χ2n) is 7.38. The Hall–Kier alpha value is -3.94. The Labute approximate surface area is 179 Å². The van der Waals surface area contributed by atoms with E-state index in [2.05, 4.69) is 15.7 Å². The van der Waals surface area contributed by atoms with E-state index in [1.807, 2.05) is 44.2 Å². The van der Waals surface area contributed by atoms with Gasteiger partial charge < -0.3 is 15.1 Å². The maximum Gasteiger partial charge on any atom is 0.252 e. The van der Waals surface area contributed by atoms with Gasteiger partial charge >= 0.3 is 0 Å². The number of nitrogens with zero attached hydrogens (tertiary/aromatic N) is 3. The van der Waals surface area contributed by atoms with Crippen LogP contribution in [0.5, 0.6) is 0 Å². The SMILES string of the molecule is CC(C)n1ncc2c(C(=O)NCC(=O)NCc3ccco3)cc(-c3ccccc3)nc21. The van der Waals surface area contributed by atoms with Crippen LogP contribution in [0.25, 0.3) is 22.3 Å². The number of fused-ring (bicyclic) bond motifs is 1. The third-order valence-electron chi connectivity index (χ3n) is 4.82. The normalized spacial score (nSPS) is 11.1. The minimum atomic E-state index is -0.360. The van der Waals surface area contributed by atoms with Crippen LogP contribution in [0, 0.1) is 0 Å². The molecular weight excluding hydrogens is 394 g/mol. The summed E-state index contributed by atoms with van der Waals surface area (Å²) in [7, 11) is 0. The first-order valence-electron chi connectivity index (χ1n) is 10.0. The van der Waals surface area contributed by atoms with Gasteiger partial charge in [-0.3, -0.25) is 9.59 Å². The van der Waals surface area contributed by atoms with Gasteiger partial charge in [-0.05, 0) is 32.0 Å². The van der Waals surface area contributed by atoms with E-state index in [9.17, 15) is 9.59 Å². The first-order chi connectivity index (χ1) is 15.0. The van der Waals surface area contributed by atoms with E-state index in [1.165, 1.54) is 0 Å². The molecule has 0 unspecified atom stereocenters. The molecule has 4 aromatic rings. The van der Waals surface area contributed by atoms with Gasteiger partial charge in [-0.1, -0.05) is 30.3 Å². The van der Waals surface area contributed by atoms with Crippen LogP contribution < -0.4 is 10.6 Å². The van der Waals surface area contributed by atoms with Gasteiger partial charge in [0.2, 0.25) is 5.91 Å². The summed E-state index contributed by atoms with van der Waals surface area (Å²) >= 11 is 0. The highest BCUT2D eigenvalue weighted by molar-refractivity contribution is 6.07. The number of hydrogen-bond acceptors (Lipinski definition) is 5. The molecule has 0 aliphatic heterocycles. The Morgan fingerprint density at radius 2 is 1.90 bits per heavy atom. The Morgan fingerprint density at radius 3 is 2.61 bits per heavy atom. The van der Waals surface area contributed by atoms with Crippen LogP contribution in [0.3, 0.4) is 0 Å². The molecule has 0 bridgehead atoms. The highest BCUT2D eigenvalue weighted by Crippen LogP contribution is 2.26. The van der Waals surface area contributed by atoms with E-state index >= 15 is 0 Å². The Kier molecular flexibility index (Phi) is 5.79. The van der Waals surface area contributed by atoms with Crippen LogP contribution in [0.4, 0.5) is 0 Å². The van der Waals surface area contributed by atoms with Crippen molar-refractivity contribution in [3.63, 3.8) is 0 Å². The van der Waals surface area contributed by atoms with Crippen LogP contribution in [0.15, 0.2) is 65.4 Å². The standard InChI is InChI=1S/C23H23N5O3/c1-15(2)28-22-19(13-26-28)18(11-20(27-22)16-7-4-3-5-8-16)23(30)25-14-21(29)24-12-17-9-6-10-31-17/h3-11,13,15H,12,14H2,1-2H3,(H,24,29)(H,25,30). The van der Waals surface area contributed by atoms with Crippen molar-refractivity contribution in [2.24, 2.45) is 0 Å². The van der Waals surface area contributed by atoms with Gasteiger partial charge in [-0.2, -0.15) is 5.10 Å². The zero-order chi connectivity index (χ0) is 21.8. The minimum Gasteiger partial charge on any atom is -0.467 e. The van der Waals surface area contributed by atoms with Gasteiger partial charge in [0.1, 0.15) is 5.76 Å². The van der Waals surface area contributed by atoms with E-state index in [4.69, 9.17) is 9.40 Å². The van der Waals surface area contributed by atoms with Crippen LogP contribution >= 0.6 is 0 Å². The van der Waals surface area contributed by atoms with Crippen molar-refractivity contribution >= 4 is 22.8 Å². The number of nitrogens with one attached hydrogen (secondary N) is 2. The summed E-state index contributed by atoms with van der Waals surface area (Å²) in [6.45, 7) is 4.13. The molecule has 0 atom stereocenters. The highest BCUT2D eigenvalue weighted by Gasteiger charge is 2.19. The average molecular weight is 417 g/mol. The fraction of sp³-hybridized carbons (Fsp3) is 0.217. The molecule has 0 spiro atoms. The summed E-state index contributed by atoms with van der Waals surface area (Å²) in [5.74, 6) is -0.0265. The zero-order valence-corrected chi connectivity index (χ0v) is 17.3. The smallest absolute Gasteiger partial charge is 0.252 e. The lowest BCUT2D eigenvalue weighted by Crippen LogP contribution is -2.36. The topological polar surface area (TPSA) is 102 Å². The molecule has 8 nitrogen and oxygen atoms in total. The molecule has 3 heterocycles. The molecule has 4 rings (SSSR count). The number of pyridine rings is 1. The fourth-order valence-electron chi connectivity index (χ4n) is 3.26. The van der Waals surface area contributed by atoms with Crippen molar-refractivity contribution in [3.05, 3.63) is 72.3 Å². The Morgan fingerprint density at radius 1 is 1.10 bits per heavy atom. The summed E-state index contributed by atoms with van der Waals surface area (Å²) in [5.41, 5.74) is 2.62. The summed E-state index contributed by atoms with van der Waals surface area (Å²) < 4.78 is 6.97. The third-order valence-corrected chi connectivity index (χ3v) is 4.82. The van der Waals surface area contributed by atoms with Gasteiger partial charge in [0, 0.05) is 11.6 Å². The summed E-state index contributed by atoms with van der Waals surface area (Å²) in [4.78, 5) is 29.9. The van der Waals surface area contributed by atoms with Gasteiger partial charge in [0.05, 0.1) is 42.2 Å². The largest absolute Gasteiger partial charge is 0.467 e. The van der Waals surface area contributed by atoms with E-state index in [1.54, 1.807) is 35.3 Å². The van der Waals surface area contributed by atoms with Gasteiger partial charge in [0.15, 0.2) is 5.65 Å². The van der Waals surface area contributed by atoms with E-state index < -0.39 is 0 Å². The molecule has 0 fully saturated rings. The molecule has 0 radical (unpaired) electrons. The number of aromatic nitrogens is 3. The lowest BCUT2D eigenvalue weighted by atomic mass is 10.1. The first-order valence-corrected chi connectivity index (χ1v) is 10.0. The number of carbonyl (C=O) groups excluding carboxylic acids is 2. The second kappa shape index (κ2) is 8.83. The zero-order valence-electron chi connectivity index (χ0n) is 17.3. The lowest BCUT2D eigenvalue weighted by Gasteiger charge is -2.11. The quantitative estimate of drug-likeness (QED) is 0.480. The number of hydrogen-bond donors (Lipinski definition) is 2. The van der Waals surface area contributed by atoms with Crippen LogP contribution in [-0.2, 0) is 11.3 Å². The Bertz CT molecular complexity index is 1200. The summed E-state index contributed by atoms with van der Waals surface area (Å²) in [6, 6.07) is 15.0. The number of rotatable bonds is 7. The average Bonchev–Trinajstić information content (AvgIpc) is 3.45.